The molecular formula is C30H38N20O2. The van der Waals surface area contributed by atoms with Crippen molar-refractivity contribution in [2.75, 3.05) is 10.6 Å². The van der Waals surface area contributed by atoms with Crippen LogP contribution in [0.5, 0.6) is 0 Å². The number of aromatic nitrogens is 2. The van der Waals surface area contributed by atoms with Gasteiger partial charge < -0.3 is 33.6 Å². The average Bonchev–Trinajstić information content (AvgIpc) is 3.10. The Hall–Kier alpha value is -7.78. The third-order valence-corrected chi connectivity index (χ3v) is 6.56. The lowest BCUT2D eigenvalue weighted by atomic mass is 10.0. The fourth-order valence-electron chi connectivity index (χ4n) is 4.07. The zero-order valence-electron chi connectivity index (χ0n) is 28.4. The van der Waals surface area contributed by atoms with Crippen molar-refractivity contribution < 1.29 is 9.59 Å². The second kappa shape index (κ2) is 17.6. The summed E-state index contributed by atoms with van der Waals surface area (Å²) in [4.78, 5) is 34.9. The van der Waals surface area contributed by atoms with E-state index in [9.17, 15) is 9.59 Å². The van der Waals surface area contributed by atoms with Crippen LogP contribution in [-0.4, -0.2) is 68.5 Å². The van der Waals surface area contributed by atoms with Gasteiger partial charge in [0.25, 0.3) is 11.8 Å². The number of anilines is 2. The molecule has 270 valence electrons. The van der Waals surface area contributed by atoms with Crippen LogP contribution in [0.1, 0.15) is 70.9 Å². The minimum absolute atomic E-state index is 0.134. The summed E-state index contributed by atoms with van der Waals surface area (Å²) in [5.74, 6) is -2.85. The first-order valence-electron chi connectivity index (χ1n) is 14.9. The number of hydrazone groups is 4. The summed E-state index contributed by atoms with van der Waals surface area (Å²) in [6, 6.07) is 11.1. The predicted octanol–water partition coefficient (Wildman–Crippen LogP) is -0.191. The van der Waals surface area contributed by atoms with Gasteiger partial charge in [0.2, 0.25) is 23.8 Å². The van der Waals surface area contributed by atoms with Gasteiger partial charge in [0.05, 0.1) is 22.8 Å². The lowest BCUT2D eigenvalue weighted by Gasteiger charge is -2.12. The van der Waals surface area contributed by atoms with Crippen LogP contribution in [0.4, 0.5) is 11.4 Å². The minimum Gasteiger partial charge on any atom is -0.369 e. The highest BCUT2D eigenvalue weighted by Gasteiger charge is 2.17. The SMILES string of the molecule is C/C(=N\NC(=N)N)c1cc(NC(=O)c2cc(C(=O)Nc3cc(/C(C)=N/NC(=N)N)cc(/C(C)=N/NC(=N)N)c3)ncn2)cc(/C(C)=N/NC(=N)N)c1. The molecule has 0 saturated carbocycles. The fourth-order valence-corrected chi connectivity index (χ4v) is 4.07. The molecule has 22 nitrogen and oxygen atoms in total. The van der Waals surface area contributed by atoms with Crippen LogP contribution < -0.4 is 55.3 Å². The minimum atomic E-state index is -0.675. The van der Waals surface area contributed by atoms with Gasteiger partial charge in [-0.05, 0) is 64.1 Å². The highest BCUT2D eigenvalue weighted by molar-refractivity contribution is 6.11. The van der Waals surface area contributed by atoms with Crippen molar-refractivity contribution in [1.29, 1.82) is 21.6 Å². The first-order chi connectivity index (χ1) is 24.5. The third kappa shape index (κ3) is 11.7. The van der Waals surface area contributed by atoms with Crippen molar-refractivity contribution >= 4 is 69.9 Å². The Morgan fingerprint density at radius 1 is 0.500 bits per heavy atom. The lowest BCUT2D eigenvalue weighted by Crippen LogP contribution is -2.27. The number of carbonyl (C=O) groups excluding carboxylic acids is 2. The maximum Gasteiger partial charge on any atom is 0.274 e. The molecule has 0 aliphatic carbocycles. The molecule has 1 aromatic heterocycles. The van der Waals surface area contributed by atoms with E-state index in [0.29, 0.717) is 56.5 Å². The van der Waals surface area contributed by atoms with Crippen molar-refractivity contribution in [2.45, 2.75) is 27.7 Å². The summed E-state index contributed by atoms with van der Waals surface area (Å²) in [6.45, 7) is 6.62. The number of nitrogens with one attached hydrogen (secondary N) is 10. The standard InChI is InChI=1S/C30H38N20O2/c1-13(43-47-27(31)32)17-5-18(14(2)44-48-28(33)34)8-21(7-17)41-25(51)23-11-24(40-12-39-23)26(52)42-22-9-19(15(3)45-49-29(35)36)6-20(10-22)16(4)46-50-30(37)38/h5-12H,1-4H3,(H,41,51)(H,42,52)(H4,31,32,47)(H4,33,34,48)(H4,35,36,49)(H4,37,38,50)/b43-13+,44-14+,45-15+,46-16+. The van der Waals surface area contributed by atoms with Crippen molar-refractivity contribution in [3.8, 4) is 0 Å². The first-order valence-corrected chi connectivity index (χ1v) is 14.9. The van der Waals surface area contributed by atoms with Gasteiger partial charge in [-0.2, -0.15) is 20.4 Å². The van der Waals surface area contributed by atoms with Crippen LogP contribution in [0.2, 0.25) is 0 Å². The molecule has 0 aliphatic heterocycles. The lowest BCUT2D eigenvalue weighted by molar-refractivity contribution is 0.102. The van der Waals surface area contributed by atoms with E-state index < -0.39 is 11.8 Å². The van der Waals surface area contributed by atoms with Gasteiger partial charge in [-0.3, -0.25) is 31.2 Å². The molecule has 0 unspecified atom stereocenters. The van der Waals surface area contributed by atoms with Crippen LogP contribution in [0.3, 0.4) is 0 Å². The number of guanidine groups is 4. The van der Waals surface area contributed by atoms with Crippen molar-refractivity contribution in [1.82, 2.24) is 31.7 Å². The molecule has 0 bridgehead atoms. The molecule has 3 aromatic rings. The number of rotatable bonds is 12. The molecule has 22 heteroatoms. The summed E-state index contributed by atoms with van der Waals surface area (Å²) in [7, 11) is 0. The average molecular weight is 711 g/mol. The molecule has 2 aromatic carbocycles. The summed E-state index contributed by atoms with van der Waals surface area (Å²) in [6.07, 6.45) is 1.07. The Balaban J connectivity index is 1.94. The zero-order valence-corrected chi connectivity index (χ0v) is 28.4. The number of nitrogens with zero attached hydrogens (tertiary/aromatic N) is 6. The van der Waals surface area contributed by atoms with Gasteiger partial charge >= 0.3 is 0 Å². The van der Waals surface area contributed by atoms with Crippen LogP contribution >= 0.6 is 0 Å². The van der Waals surface area contributed by atoms with E-state index in [-0.39, 0.29) is 35.2 Å². The predicted molar refractivity (Wildman–Crippen MR) is 200 cm³/mol. The second-order valence-electron chi connectivity index (χ2n) is 10.7. The van der Waals surface area contributed by atoms with Gasteiger partial charge in [-0.15, -0.1) is 0 Å². The highest BCUT2D eigenvalue weighted by atomic mass is 16.2. The van der Waals surface area contributed by atoms with Gasteiger partial charge in [0, 0.05) is 39.7 Å². The molecule has 0 aliphatic rings. The van der Waals surface area contributed by atoms with Crippen molar-refractivity contribution in [3.63, 3.8) is 0 Å². The Labute approximate surface area is 296 Å². The maximum absolute atomic E-state index is 13.4. The van der Waals surface area contributed by atoms with E-state index >= 15 is 0 Å². The summed E-state index contributed by atoms with van der Waals surface area (Å²) in [5.41, 5.74) is 35.0. The number of amides is 2. The maximum atomic E-state index is 13.4. The molecule has 3 rings (SSSR count). The van der Waals surface area contributed by atoms with E-state index in [1.807, 2.05) is 0 Å². The number of carbonyl (C=O) groups is 2. The highest BCUT2D eigenvalue weighted by Crippen LogP contribution is 2.20. The van der Waals surface area contributed by atoms with E-state index in [1.165, 1.54) is 6.07 Å². The molecule has 0 spiro atoms. The monoisotopic (exact) mass is 710 g/mol. The zero-order chi connectivity index (χ0) is 38.5. The quantitative estimate of drug-likeness (QED) is 0.0660. The number of nitrogens with two attached hydrogens (primary N) is 4. The fraction of sp³-hybridized carbons (Fsp3) is 0.133. The summed E-state index contributed by atoms with van der Waals surface area (Å²) in [5, 5.41) is 51.2. The van der Waals surface area contributed by atoms with Gasteiger partial charge in [-0.1, -0.05) is 0 Å². The van der Waals surface area contributed by atoms with Crippen LogP contribution in [-0.2, 0) is 0 Å². The van der Waals surface area contributed by atoms with E-state index in [2.05, 4.69) is 62.7 Å². The van der Waals surface area contributed by atoms with Crippen molar-refractivity contribution in [3.05, 3.63) is 82.4 Å². The molecule has 52 heavy (non-hydrogen) atoms. The Morgan fingerprint density at radius 3 is 1.02 bits per heavy atom. The number of hydrogen-bond acceptors (Lipinski definition) is 12. The van der Waals surface area contributed by atoms with Gasteiger partial charge in [0.1, 0.15) is 17.7 Å². The summed E-state index contributed by atoms with van der Waals surface area (Å²) < 4.78 is 0. The topological polar surface area (TPSA) is 381 Å². The van der Waals surface area contributed by atoms with E-state index in [1.54, 1.807) is 64.1 Å². The number of hydrogen-bond donors (Lipinski definition) is 14. The largest absolute Gasteiger partial charge is 0.369 e. The number of benzene rings is 2. The second-order valence-corrected chi connectivity index (χ2v) is 10.7. The first kappa shape index (κ1) is 38.7. The van der Waals surface area contributed by atoms with Crippen LogP contribution in [0.25, 0.3) is 0 Å². The molecule has 2 amide bonds. The molecule has 0 fully saturated rings. The molecule has 0 saturated heterocycles. The smallest absolute Gasteiger partial charge is 0.274 e. The van der Waals surface area contributed by atoms with Crippen molar-refractivity contribution in [2.24, 2.45) is 43.3 Å². The van der Waals surface area contributed by atoms with Gasteiger partial charge in [-0.25, -0.2) is 31.7 Å². The molecule has 0 radical (unpaired) electrons. The normalized spacial score (nSPS) is 11.9. The van der Waals surface area contributed by atoms with E-state index in [4.69, 9.17) is 44.6 Å². The van der Waals surface area contributed by atoms with Gasteiger partial charge in [0.15, 0.2) is 0 Å². The Morgan fingerprint density at radius 2 is 0.769 bits per heavy atom. The molecule has 18 N–H and O–H groups in total. The van der Waals surface area contributed by atoms with Crippen LogP contribution in [0.15, 0.2) is 69.2 Å². The Kier molecular flexibility index (Phi) is 13.1. The van der Waals surface area contributed by atoms with Crippen LogP contribution in [0, 0.1) is 21.6 Å². The summed E-state index contributed by atoms with van der Waals surface area (Å²) >= 11 is 0. The van der Waals surface area contributed by atoms with E-state index in [0.717, 1.165) is 6.33 Å². The third-order valence-electron chi connectivity index (χ3n) is 6.56. The molecule has 1 heterocycles. The Bertz CT molecular complexity index is 1810. The molecular weight excluding hydrogens is 672 g/mol. The molecule has 0 atom stereocenters.